The van der Waals surface area contributed by atoms with Gasteiger partial charge in [0, 0.05) is 23.6 Å². The van der Waals surface area contributed by atoms with E-state index >= 15 is 0 Å². The predicted molar refractivity (Wildman–Crippen MR) is 178 cm³/mol. The topological polar surface area (TPSA) is 88.4 Å². The third-order valence-electron chi connectivity index (χ3n) is 10.0. The van der Waals surface area contributed by atoms with Gasteiger partial charge in [0.15, 0.2) is 11.5 Å². The van der Waals surface area contributed by atoms with E-state index < -0.39 is 12.2 Å². The van der Waals surface area contributed by atoms with Crippen molar-refractivity contribution in [2.75, 3.05) is 7.11 Å². The van der Waals surface area contributed by atoms with E-state index in [4.69, 9.17) is 14.2 Å². The number of ether oxygens (including phenoxy) is 3. The monoisotopic (exact) mass is 614 g/mol. The second-order valence-corrected chi connectivity index (χ2v) is 13.9. The van der Waals surface area contributed by atoms with Gasteiger partial charge in [0.25, 0.3) is 0 Å². The summed E-state index contributed by atoms with van der Waals surface area (Å²) < 4.78 is 19.0. The molecule has 6 nitrogen and oxygen atoms in total. The van der Waals surface area contributed by atoms with E-state index in [1.165, 1.54) is 12.0 Å². The van der Waals surface area contributed by atoms with Crippen molar-refractivity contribution in [1.82, 2.24) is 0 Å². The summed E-state index contributed by atoms with van der Waals surface area (Å²) in [5.74, 6) is 3.09. The second-order valence-electron chi connectivity index (χ2n) is 13.9. The van der Waals surface area contributed by atoms with Crippen molar-refractivity contribution < 1.29 is 29.5 Å². The summed E-state index contributed by atoms with van der Waals surface area (Å²) in [4.78, 5) is 0. The number of hydrogen-bond donors (Lipinski definition) is 3. The van der Waals surface area contributed by atoms with Gasteiger partial charge >= 0.3 is 0 Å². The summed E-state index contributed by atoms with van der Waals surface area (Å²) in [5.41, 5.74) is 7.35. The fourth-order valence-electron chi connectivity index (χ4n) is 7.82. The highest BCUT2D eigenvalue weighted by Crippen LogP contribution is 2.54. The van der Waals surface area contributed by atoms with Crippen molar-refractivity contribution in [1.29, 1.82) is 0 Å². The molecule has 3 aromatic carbocycles. The van der Waals surface area contributed by atoms with E-state index in [0.717, 1.165) is 109 Å². The van der Waals surface area contributed by atoms with Crippen LogP contribution in [-0.2, 0) is 19.3 Å². The van der Waals surface area contributed by atoms with Crippen molar-refractivity contribution in [2.24, 2.45) is 5.92 Å². The second kappa shape index (κ2) is 13.5. The first kappa shape index (κ1) is 31.6. The maximum atomic E-state index is 11.7. The maximum absolute atomic E-state index is 11.7. The van der Waals surface area contributed by atoms with E-state index in [1.807, 2.05) is 24.3 Å². The van der Waals surface area contributed by atoms with Crippen molar-refractivity contribution in [3.63, 3.8) is 0 Å². The lowest BCUT2D eigenvalue weighted by Crippen LogP contribution is -2.32. The molecule has 3 aliphatic rings. The van der Waals surface area contributed by atoms with Gasteiger partial charge < -0.3 is 29.5 Å². The van der Waals surface area contributed by atoms with Crippen LogP contribution in [0.3, 0.4) is 0 Å². The molecule has 3 N–H and O–H groups in total. The highest BCUT2D eigenvalue weighted by atomic mass is 16.5. The summed E-state index contributed by atoms with van der Waals surface area (Å²) in [6, 6.07) is 11.4. The Hall–Kier alpha value is -3.38. The largest absolute Gasteiger partial charge is 0.508 e. The molecule has 2 aliphatic carbocycles. The Labute approximate surface area is 268 Å². The quantitative estimate of drug-likeness (QED) is 0.198. The van der Waals surface area contributed by atoms with Crippen LogP contribution in [-0.4, -0.2) is 34.6 Å². The molecule has 3 atom stereocenters. The van der Waals surface area contributed by atoms with Gasteiger partial charge in [-0.25, -0.2) is 0 Å². The maximum Gasteiger partial charge on any atom is 0.161 e. The average Bonchev–Trinajstić information content (AvgIpc) is 3.02. The molecule has 0 amide bonds. The molecule has 1 fully saturated rings. The summed E-state index contributed by atoms with van der Waals surface area (Å²) in [6.07, 6.45) is 10.8. The third kappa shape index (κ3) is 6.49. The standard InChI is InChI=1S/C39H50O6/c1-5-6-8-11-24-17-26-19-32(41)27(16-23(2)3)18-29(26)38-36(43-4)22-34-30(37(24)38)21-33(42)39(45-34)25-14-15-31(40)35(20-25)44-28-12-9-7-10-13-28/h14-15,18-20,22-24,28,33,39-42H,5-13,16-17,21H2,1-4H3/t24-,33+,39-/m0/s1. The predicted octanol–water partition coefficient (Wildman–Crippen LogP) is 8.94. The van der Waals surface area contributed by atoms with Gasteiger partial charge in [-0.15, -0.1) is 0 Å². The lowest BCUT2D eigenvalue weighted by molar-refractivity contribution is 0.0199. The SMILES string of the molecule is CCCCC[C@H]1Cc2cc(O)c(CC(C)C)cc2-c2c(OC)cc3c(c21)C[C@@H](O)[C@H](c1ccc(O)c(OC2CCCCC2)c1)O3. The first-order valence-corrected chi connectivity index (χ1v) is 17.2. The van der Waals surface area contributed by atoms with E-state index in [-0.39, 0.29) is 17.8 Å². The molecule has 0 unspecified atom stereocenters. The molecule has 3 aromatic rings. The van der Waals surface area contributed by atoms with E-state index in [2.05, 4.69) is 26.8 Å². The van der Waals surface area contributed by atoms with Gasteiger partial charge in [0.05, 0.1) is 19.3 Å². The zero-order valence-electron chi connectivity index (χ0n) is 27.4. The fraction of sp³-hybridized carbons (Fsp3) is 0.538. The molecule has 6 heteroatoms. The number of phenolic OH excluding ortho intramolecular Hbond substituents is 2. The molecule has 0 aromatic heterocycles. The number of unbranched alkanes of at least 4 members (excludes halogenated alkanes) is 2. The van der Waals surface area contributed by atoms with Gasteiger partial charge in [0.1, 0.15) is 23.4 Å². The molecule has 0 bridgehead atoms. The molecule has 0 radical (unpaired) electrons. The van der Waals surface area contributed by atoms with Crippen LogP contribution < -0.4 is 14.2 Å². The van der Waals surface area contributed by atoms with Crippen molar-refractivity contribution in [3.05, 3.63) is 64.2 Å². The fourth-order valence-corrected chi connectivity index (χ4v) is 7.82. The lowest BCUT2D eigenvalue weighted by Gasteiger charge is -2.38. The van der Waals surface area contributed by atoms with Gasteiger partial charge in [-0.05, 0) is 109 Å². The number of benzene rings is 3. The Morgan fingerprint density at radius 1 is 0.933 bits per heavy atom. The zero-order chi connectivity index (χ0) is 31.7. The van der Waals surface area contributed by atoms with Gasteiger partial charge in [-0.2, -0.15) is 0 Å². The molecular formula is C39H50O6. The Morgan fingerprint density at radius 3 is 2.47 bits per heavy atom. The first-order chi connectivity index (χ1) is 21.8. The number of aromatic hydroxyl groups is 2. The molecule has 1 saturated carbocycles. The summed E-state index contributed by atoms with van der Waals surface area (Å²) in [7, 11) is 1.71. The van der Waals surface area contributed by atoms with Crippen molar-refractivity contribution in [2.45, 2.75) is 122 Å². The van der Waals surface area contributed by atoms with Crippen LogP contribution in [0.25, 0.3) is 11.1 Å². The van der Waals surface area contributed by atoms with Crippen LogP contribution in [0.4, 0.5) is 0 Å². The first-order valence-electron chi connectivity index (χ1n) is 17.2. The van der Waals surface area contributed by atoms with Crippen molar-refractivity contribution in [3.8, 4) is 39.9 Å². The number of aliphatic hydroxyl groups excluding tert-OH is 1. The molecule has 1 aliphatic heterocycles. The van der Waals surface area contributed by atoms with Crippen LogP contribution in [0.1, 0.15) is 118 Å². The Balaban J connectivity index is 1.40. The number of hydrogen-bond acceptors (Lipinski definition) is 6. The Morgan fingerprint density at radius 2 is 1.73 bits per heavy atom. The molecule has 6 rings (SSSR count). The molecule has 45 heavy (non-hydrogen) atoms. The van der Waals surface area contributed by atoms with Crippen LogP contribution in [0.15, 0.2) is 36.4 Å². The van der Waals surface area contributed by atoms with Crippen LogP contribution >= 0.6 is 0 Å². The van der Waals surface area contributed by atoms with E-state index in [1.54, 1.807) is 13.2 Å². The minimum atomic E-state index is -0.768. The molecule has 1 heterocycles. The third-order valence-corrected chi connectivity index (χ3v) is 10.0. The highest BCUT2D eigenvalue weighted by molar-refractivity contribution is 5.83. The molecule has 0 saturated heterocycles. The Bertz CT molecular complexity index is 1500. The van der Waals surface area contributed by atoms with E-state index in [9.17, 15) is 15.3 Å². The smallest absolute Gasteiger partial charge is 0.161 e. The van der Waals surface area contributed by atoms with Crippen LogP contribution in [0.5, 0.6) is 28.7 Å². The zero-order valence-corrected chi connectivity index (χ0v) is 27.4. The number of methoxy groups -OCH3 is 1. The summed E-state index contributed by atoms with van der Waals surface area (Å²) in [5, 5.41) is 33.2. The molecular weight excluding hydrogens is 564 g/mol. The Kier molecular flexibility index (Phi) is 9.51. The normalized spacial score (nSPS) is 21.1. The minimum Gasteiger partial charge on any atom is -0.508 e. The summed E-state index contributed by atoms with van der Waals surface area (Å²) in [6.45, 7) is 6.56. The minimum absolute atomic E-state index is 0.101. The van der Waals surface area contributed by atoms with Crippen molar-refractivity contribution >= 4 is 0 Å². The van der Waals surface area contributed by atoms with Gasteiger partial charge in [-0.1, -0.05) is 52.5 Å². The van der Waals surface area contributed by atoms with Gasteiger partial charge in [0.2, 0.25) is 0 Å². The number of rotatable bonds is 10. The molecule has 0 spiro atoms. The number of fused-ring (bicyclic) bond motifs is 5. The lowest BCUT2D eigenvalue weighted by atomic mass is 9.72. The number of aliphatic hydroxyl groups is 1. The average molecular weight is 615 g/mol. The number of phenols is 2. The van der Waals surface area contributed by atoms with E-state index in [0.29, 0.717) is 23.8 Å². The summed E-state index contributed by atoms with van der Waals surface area (Å²) >= 11 is 0. The highest BCUT2D eigenvalue weighted by Gasteiger charge is 2.38. The van der Waals surface area contributed by atoms with Crippen LogP contribution in [0, 0.1) is 5.92 Å². The molecule has 242 valence electrons. The van der Waals surface area contributed by atoms with Gasteiger partial charge in [-0.3, -0.25) is 0 Å². The van der Waals surface area contributed by atoms with Crippen LogP contribution in [0.2, 0.25) is 0 Å².